The maximum Gasteiger partial charge on any atom is 0.0320 e. The summed E-state index contributed by atoms with van der Waals surface area (Å²) in [6, 6.07) is 18.1. The first-order valence-electron chi connectivity index (χ1n) is 4.78. The van der Waals surface area contributed by atoms with Crippen LogP contribution in [0.3, 0.4) is 0 Å². The quantitative estimate of drug-likeness (QED) is 0.463. The molecule has 1 heteroatoms. The molecule has 2 rings (SSSR count). The first-order valence-corrected chi connectivity index (χ1v) is 5.35. The Balaban J connectivity index is 2.31. The maximum absolute atomic E-state index is 3.16. The lowest BCUT2D eigenvalue weighted by Crippen LogP contribution is -1.95. The number of rotatable bonds is 0. The molecule has 2 aromatic carbocycles. The molecule has 0 N–H and O–H groups in total. The van der Waals surface area contributed by atoms with E-state index in [-0.39, 0.29) is 0 Å². The molecule has 1 atom stereocenters. The summed E-state index contributed by atoms with van der Waals surface area (Å²) in [6.07, 6.45) is 0. The normalized spacial score (nSPS) is 9.13. The zero-order valence-electron chi connectivity index (χ0n) is 8.27. The van der Waals surface area contributed by atoms with Crippen molar-refractivity contribution < 1.29 is 0 Å². The van der Waals surface area contributed by atoms with Gasteiger partial charge in [-0.3, -0.25) is 0 Å². The molecule has 0 saturated carbocycles. The second-order valence-corrected chi connectivity index (χ2v) is 3.83. The highest BCUT2D eigenvalue weighted by Crippen LogP contribution is 2.00. The molecule has 0 spiro atoms. The Morgan fingerprint density at radius 3 is 2.13 bits per heavy atom. The van der Waals surface area contributed by atoms with Crippen molar-refractivity contribution in [2.24, 2.45) is 0 Å². The van der Waals surface area contributed by atoms with Gasteiger partial charge in [-0.15, -0.1) is 9.24 Å². The van der Waals surface area contributed by atoms with Crippen LogP contribution in [0.2, 0.25) is 0 Å². The number of benzene rings is 2. The molecule has 0 aliphatic rings. The van der Waals surface area contributed by atoms with E-state index in [9.17, 15) is 0 Å². The monoisotopic (exact) mass is 210 g/mol. The summed E-state index contributed by atoms with van der Waals surface area (Å²) in [5.41, 5.74) is 2.11. The summed E-state index contributed by atoms with van der Waals surface area (Å²) in [7, 11) is 2.70. The zero-order valence-corrected chi connectivity index (χ0v) is 9.43. The molecule has 0 aliphatic carbocycles. The Hall–Kier alpha value is -1.57. The molecule has 15 heavy (non-hydrogen) atoms. The van der Waals surface area contributed by atoms with Crippen LogP contribution in [0.5, 0.6) is 0 Å². The SMILES string of the molecule is Pc1ccccc1C#Cc1ccccc1. The van der Waals surface area contributed by atoms with Gasteiger partial charge in [0.15, 0.2) is 0 Å². The van der Waals surface area contributed by atoms with Crippen molar-refractivity contribution in [1.82, 2.24) is 0 Å². The molecule has 0 nitrogen and oxygen atoms in total. The van der Waals surface area contributed by atoms with Crippen LogP contribution in [-0.2, 0) is 0 Å². The van der Waals surface area contributed by atoms with Crippen LogP contribution in [0.25, 0.3) is 0 Å². The van der Waals surface area contributed by atoms with E-state index in [2.05, 4.69) is 21.1 Å². The summed E-state index contributed by atoms with van der Waals surface area (Å²) >= 11 is 0. The second kappa shape index (κ2) is 4.78. The van der Waals surface area contributed by atoms with Crippen molar-refractivity contribution in [3.8, 4) is 11.8 Å². The number of hydrogen-bond donors (Lipinski definition) is 0. The van der Waals surface area contributed by atoms with Gasteiger partial charge in [-0.05, 0) is 23.5 Å². The molecular formula is C14H11P. The van der Waals surface area contributed by atoms with Crippen molar-refractivity contribution in [2.45, 2.75) is 0 Å². The van der Waals surface area contributed by atoms with Crippen LogP contribution in [0.1, 0.15) is 11.1 Å². The van der Waals surface area contributed by atoms with Crippen molar-refractivity contribution in [3.63, 3.8) is 0 Å². The van der Waals surface area contributed by atoms with Gasteiger partial charge in [0.05, 0.1) is 0 Å². The molecule has 1 unspecified atom stereocenters. The molecule has 0 amide bonds. The maximum atomic E-state index is 3.16. The van der Waals surface area contributed by atoms with E-state index in [0.29, 0.717) is 0 Å². The topological polar surface area (TPSA) is 0 Å². The minimum atomic E-state index is 1.05. The minimum absolute atomic E-state index is 1.05. The van der Waals surface area contributed by atoms with Gasteiger partial charge in [0.25, 0.3) is 0 Å². The van der Waals surface area contributed by atoms with Gasteiger partial charge in [-0.1, -0.05) is 48.2 Å². The van der Waals surface area contributed by atoms with Crippen LogP contribution in [-0.4, -0.2) is 0 Å². The molecule has 2 aromatic rings. The average Bonchev–Trinajstić information content (AvgIpc) is 2.29. The Labute approximate surface area is 92.5 Å². The van der Waals surface area contributed by atoms with E-state index in [1.54, 1.807) is 0 Å². The van der Waals surface area contributed by atoms with Crippen LogP contribution in [0, 0.1) is 11.8 Å². The summed E-state index contributed by atoms with van der Waals surface area (Å²) in [6.45, 7) is 0. The lowest BCUT2D eigenvalue weighted by atomic mass is 10.2. The summed E-state index contributed by atoms with van der Waals surface area (Å²) in [5, 5.41) is 1.14. The molecule has 72 valence electrons. The van der Waals surface area contributed by atoms with E-state index < -0.39 is 0 Å². The third-order valence-corrected chi connectivity index (χ3v) is 2.58. The van der Waals surface area contributed by atoms with Gasteiger partial charge in [0.1, 0.15) is 0 Å². The lowest BCUT2D eigenvalue weighted by Gasteiger charge is -1.94. The third kappa shape index (κ3) is 2.69. The predicted octanol–water partition coefficient (Wildman–Crippen LogP) is 2.59. The first kappa shape index (κ1) is 9.97. The minimum Gasteiger partial charge on any atom is -0.104 e. The van der Waals surface area contributed by atoms with Crippen molar-refractivity contribution in [1.29, 1.82) is 0 Å². The highest BCUT2D eigenvalue weighted by atomic mass is 31.0. The largest absolute Gasteiger partial charge is 0.104 e. The number of hydrogen-bond acceptors (Lipinski definition) is 0. The van der Waals surface area contributed by atoms with Gasteiger partial charge >= 0.3 is 0 Å². The van der Waals surface area contributed by atoms with Crippen molar-refractivity contribution >= 4 is 14.5 Å². The van der Waals surface area contributed by atoms with E-state index in [0.717, 1.165) is 16.4 Å². The van der Waals surface area contributed by atoms with Crippen LogP contribution in [0.15, 0.2) is 54.6 Å². The van der Waals surface area contributed by atoms with Gasteiger partial charge in [-0.25, -0.2) is 0 Å². The van der Waals surface area contributed by atoms with Crippen LogP contribution >= 0.6 is 9.24 Å². The summed E-state index contributed by atoms with van der Waals surface area (Å²) < 4.78 is 0. The fraction of sp³-hybridized carbons (Fsp3) is 0. The third-order valence-electron chi connectivity index (χ3n) is 2.08. The van der Waals surface area contributed by atoms with Crippen molar-refractivity contribution in [2.75, 3.05) is 0 Å². The standard InChI is InChI=1S/C14H11P/c15-14-9-5-4-8-13(14)11-10-12-6-2-1-3-7-12/h1-9H,15H2. The first-order chi connectivity index (χ1) is 7.36. The Bertz CT molecular complexity index is 504. The lowest BCUT2D eigenvalue weighted by molar-refractivity contribution is 1.64. The summed E-state index contributed by atoms with van der Waals surface area (Å²) in [5.74, 6) is 6.30. The molecule has 0 aromatic heterocycles. The predicted molar refractivity (Wildman–Crippen MR) is 68.2 cm³/mol. The van der Waals surface area contributed by atoms with Gasteiger partial charge in [-0.2, -0.15) is 0 Å². The zero-order chi connectivity index (χ0) is 10.5. The Morgan fingerprint density at radius 1 is 0.733 bits per heavy atom. The smallest absolute Gasteiger partial charge is 0.0320 e. The van der Waals surface area contributed by atoms with E-state index in [1.165, 1.54) is 0 Å². The summed E-state index contributed by atoms with van der Waals surface area (Å²) in [4.78, 5) is 0. The molecule has 0 bridgehead atoms. The van der Waals surface area contributed by atoms with E-state index >= 15 is 0 Å². The second-order valence-electron chi connectivity index (χ2n) is 3.20. The van der Waals surface area contributed by atoms with Crippen LogP contribution in [0.4, 0.5) is 0 Å². The molecule has 0 aliphatic heterocycles. The van der Waals surface area contributed by atoms with Crippen LogP contribution < -0.4 is 5.30 Å². The highest BCUT2D eigenvalue weighted by Gasteiger charge is 1.90. The van der Waals surface area contributed by atoms with E-state index in [1.807, 2.05) is 54.6 Å². The van der Waals surface area contributed by atoms with E-state index in [4.69, 9.17) is 0 Å². The highest BCUT2D eigenvalue weighted by molar-refractivity contribution is 7.27. The van der Waals surface area contributed by atoms with Crippen molar-refractivity contribution in [3.05, 3.63) is 65.7 Å². The van der Waals surface area contributed by atoms with Gasteiger partial charge in [0.2, 0.25) is 0 Å². The molecule has 0 heterocycles. The Kier molecular flexibility index (Phi) is 3.18. The molecule has 0 saturated heterocycles. The molecule has 0 fully saturated rings. The fourth-order valence-corrected chi connectivity index (χ4v) is 1.55. The molecule has 0 radical (unpaired) electrons. The average molecular weight is 210 g/mol. The van der Waals surface area contributed by atoms with Gasteiger partial charge < -0.3 is 0 Å². The Morgan fingerprint density at radius 2 is 1.40 bits per heavy atom. The van der Waals surface area contributed by atoms with Gasteiger partial charge in [0, 0.05) is 11.1 Å². The molecular weight excluding hydrogens is 199 g/mol. The fourth-order valence-electron chi connectivity index (χ4n) is 1.27.